The summed E-state index contributed by atoms with van der Waals surface area (Å²) in [5.41, 5.74) is 0.949. The normalized spacial score (nSPS) is 17.9. The molecular formula is C18H26N2O5. The molecule has 0 bridgehead atoms. The van der Waals surface area contributed by atoms with Gasteiger partial charge in [-0.15, -0.1) is 0 Å². The highest BCUT2D eigenvalue weighted by Crippen LogP contribution is 2.16. The van der Waals surface area contributed by atoms with Crippen molar-refractivity contribution < 1.29 is 24.2 Å². The Morgan fingerprint density at radius 3 is 2.96 bits per heavy atom. The highest BCUT2D eigenvalue weighted by atomic mass is 16.5. The van der Waals surface area contributed by atoms with Gasteiger partial charge >= 0.3 is 5.97 Å². The lowest BCUT2D eigenvalue weighted by Gasteiger charge is -2.29. The van der Waals surface area contributed by atoms with Crippen LogP contribution in [0.1, 0.15) is 18.4 Å². The average molecular weight is 350 g/mol. The fourth-order valence-electron chi connectivity index (χ4n) is 2.85. The third kappa shape index (κ3) is 6.72. The maximum absolute atomic E-state index is 12.1. The lowest BCUT2D eigenvalue weighted by molar-refractivity contribution is -0.144. The number of ether oxygens (including phenoxy) is 2. The maximum Gasteiger partial charge on any atom is 0.307 e. The number of nitrogens with zero attached hydrogens (tertiary/aromatic N) is 1. The van der Waals surface area contributed by atoms with Gasteiger partial charge in [0.15, 0.2) is 0 Å². The van der Waals surface area contributed by atoms with Crippen molar-refractivity contribution in [2.24, 2.45) is 5.92 Å². The van der Waals surface area contributed by atoms with Crippen LogP contribution in [-0.2, 0) is 20.9 Å². The zero-order valence-electron chi connectivity index (χ0n) is 14.6. The Morgan fingerprint density at radius 2 is 2.20 bits per heavy atom. The summed E-state index contributed by atoms with van der Waals surface area (Å²) < 4.78 is 10.5. The van der Waals surface area contributed by atoms with Gasteiger partial charge in [-0.3, -0.25) is 14.5 Å². The summed E-state index contributed by atoms with van der Waals surface area (Å²) >= 11 is 0. The van der Waals surface area contributed by atoms with Crippen LogP contribution in [0.4, 0.5) is 0 Å². The molecule has 7 nitrogen and oxygen atoms in total. The second-order valence-electron chi connectivity index (χ2n) is 6.18. The molecule has 0 radical (unpaired) electrons. The molecule has 1 aromatic rings. The van der Waals surface area contributed by atoms with E-state index in [4.69, 9.17) is 14.6 Å². The average Bonchev–Trinajstić information content (AvgIpc) is 2.61. The van der Waals surface area contributed by atoms with Gasteiger partial charge in [-0.25, -0.2) is 0 Å². The van der Waals surface area contributed by atoms with Gasteiger partial charge in [0.25, 0.3) is 0 Å². The van der Waals surface area contributed by atoms with Crippen LogP contribution in [0.3, 0.4) is 0 Å². The van der Waals surface area contributed by atoms with Crippen LogP contribution in [0.15, 0.2) is 24.3 Å². The quantitative estimate of drug-likeness (QED) is 0.649. The number of rotatable bonds is 9. The Hall–Kier alpha value is -2.12. The minimum Gasteiger partial charge on any atom is -0.491 e. The van der Waals surface area contributed by atoms with Crippen LogP contribution >= 0.6 is 0 Å². The van der Waals surface area contributed by atoms with E-state index in [0.29, 0.717) is 32.7 Å². The number of benzene rings is 1. The minimum absolute atomic E-state index is 0.100. The predicted octanol–water partition coefficient (Wildman–Crippen LogP) is 1.12. The number of piperidine rings is 1. The molecule has 25 heavy (non-hydrogen) atoms. The van der Waals surface area contributed by atoms with E-state index >= 15 is 0 Å². The molecule has 0 saturated carbocycles. The largest absolute Gasteiger partial charge is 0.491 e. The topological polar surface area (TPSA) is 88.1 Å². The van der Waals surface area contributed by atoms with E-state index in [0.717, 1.165) is 24.3 Å². The number of carboxylic acid groups (broad SMARTS) is 1. The smallest absolute Gasteiger partial charge is 0.307 e. The number of aliphatic carboxylic acids is 1. The van der Waals surface area contributed by atoms with Crippen LogP contribution in [-0.4, -0.2) is 61.8 Å². The molecule has 2 N–H and O–H groups in total. The second-order valence-corrected chi connectivity index (χ2v) is 6.18. The summed E-state index contributed by atoms with van der Waals surface area (Å²) in [5.74, 6) is -0.515. The molecule has 138 valence electrons. The van der Waals surface area contributed by atoms with Crippen molar-refractivity contribution in [3.05, 3.63) is 29.8 Å². The molecule has 1 unspecified atom stereocenters. The van der Waals surface area contributed by atoms with Gasteiger partial charge in [0.1, 0.15) is 12.4 Å². The fraction of sp³-hybridized carbons (Fsp3) is 0.556. The maximum atomic E-state index is 12.1. The molecule has 1 saturated heterocycles. The first-order valence-electron chi connectivity index (χ1n) is 8.51. The molecule has 1 atom stereocenters. The van der Waals surface area contributed by atoms with Crippen molar-refractivity contribution in [2.45, 2.75) is 19.4 Å². The van der Waals surface area contributed by atoms with Gasteiger partial charge in [-0.1, -0.05) is 12.1 Å². The lowest BCUT2D eigenvalue weighted by atomic mass is 9.98. The van der Waals surface area contributed by atoms with Crippen molar-refractivity contribution in [1.82, 2.24) is 10.2 Å². The number of hydrogen-bond donors (Lipinski definition) is 2. The number of nitrogens with one attached hydrogen (secondary N) is 1. The zero-order valence-corrected chi connectivity index (χ0v) is 14.6. The monoisotopic (exact) mass is 350 g/mol. The summed E-state index contributed by atoms with van der Waals surface area (Å²) in [4.78, 5) is 25.1. The van der Waals surface area contributed by atoms with Crippen molar-refractivity contribution in [2.75, 3.05) is 40.0 Å². The summed E-state index contributed by atoms with van der Waals surface area (Å²) in [5, 5.41) is 12.0. The summed E-state index contributed by atoms with van der Waals surface area (Å²) in [6.45, 7) is 2.84. The number of methoxy groups -OCH3 is 1. The highest BCUT2D eigenvalue weighted by Gasteiger charge is 2.26. The van der Waals surface area contributed by atoms with E-state index in [1.54, 1.807) is 7.11 Å². The third-order valence-corrected chi connectivity index (χ3v) is 4.17. The molecule has 1 aromatic carbocycles. The van der Waals surface area contributed by atoms with E-state index in [-0.39, 0.29) is 18.4 Å². The molecule has 1 fully saturated rings. The second kappa shape index (κ2) is 10.0. The first kappa shape index (κ1) is 19.2. The highest BCUT2D eigenvalue weighted by molar-refractivity contribution is 5.78. The van der Waals surface area contributed by atoms with Crippen LogP contribution in [0.2, 0.25) is 0 Å². The standard InChI is InChI=1S/C18H26N2O5/c1-24-8-9-25-16-6-2-4-14(10-16)11-19-17(21)13-20-7-3-5-15(12-20)18(22)23/h2,4,6,10,15H,3,5,7-9,11-13H2,1H3,(H,19,21)(H,22,23). The number of carboxylic acids is 1. The summed E-state index contributed by atoms with van der Waals surface area (Å²) in [7, 11) is 1.62. The van der Waals surface area contributed by atoms with E-state index in [9.17, 15) is 9.59 Å². The Labute approximate surface area is 147 Å². The van der Waals surface area contributed by atoms with Gasteiger partial charge in [0, 0.05) is 20.2 Å². The molecule has 0 aliphatic carbocycles. The van der Waals surface area contributed by atoms with Crippen molar-refractivity contribution in [3.8, 4) is 5.75 Å². The fourth-order valence-corrected chi connectivity index (χ4v) is 2.85. The van der Waals surface area contributed by atoms with Gasteiger partial charge in [-0.2, -0.15) is 0 Å². The Kier molecular flexibility index (Phi) is 7.69. The molecule has 1 aliphatic heterocycles. The first-order valence-corrected chi connectivity index (χ1v) is 8.51. The minimum atomic E-state index is -0.782. The Balaban J connectivity index is 1.76. The van der Waals surface area contributed by atoms with Gasteiger partial charge < -0.3 is 19.9 Å². The number of carbonyl (C=O) groups excluding carboxylic acids is 1. The molecule has 1 amide bonds. The number of amides is 1. The number of carbonyl (C=O) groups is 2. The van der Waals surface area contributed by atoms with E-state index in [1.165, 1.54) is 0 Å². The SMILES string of the molecule is COCCOc1cccc(CNC(=O)CN2CCCC(C(=O)O)C2)c1. The molecule has 1 aliphatic rings. The van der Waals surface area contributed by atoms with E-state index in [1.807, 2.05) is 29.2 Å². The molecular weight excluding hydrogens is 324 g/mol. The zero-order chi connectivity index (χ0) is 18.1. The predicted molar refractivity (Wildman–Crippen MR) is 92.5 cm³/mol. The first-order chi connectivity index (χ1) is 12.1. The van der Waals surface area contributed by atoms with Crippen molar-refractivity contribution in [3.63, 3.8) is 0 Å². The third-order valence-electron chi connectivity index (χ3n) is 4.17. The van der Waals surface area contributed by atoms with Crippen LogP contribution in [0.5, 0.6) is 5.75 Å². The molecule has 2 rings (SSSR count). The van der Waals surface area contributed by atoms with Crippen LogP contribution in [0, 0.1) is 5.92 Å². The van der Waals surface area contributed by atoms with E-state index < -0.39 is 5.97 Å². The van der Waals surface area contributed by atoms with Crippen LogP contribution in [0.25, 0.3) is 0 Å². The lowest BCUT2D eigenvalue weighted by Crippen LogP contribution is -2.44. The molecule has 1 heterocycles. The summed E-state index contributed by atoms with van der Waals surface area (Å²) in [6.07, 6.45) is 1.49. The number of hydrogen-bond acceptors (Lipinski definition) is 5. The molecule has 0 spiro atoms. The molecule has 7 heteroatoms. The molecule has 0 aromatic heterocycles. The van der Waals surface area contributed by atoms with Crippen molar-refractivity contribution >= 4 is 11.9 Å². The Bertz CT molecular complexity index is 578. The Morgan fingerprint density at radius 1 is 1.36 bits per heavy atom. The van der Waals surface area contributed by atoms with Crippen LogP contribution < -0.4 is 10.1 Å². The van der Waals surface area contributed by atoms with Gasteiger partial charge in [-0.05, 0) is 37.1 Å². The summed E-state index contributed by atoms with van der Waals surface area (Å²) in [6, 6.07) is 7.55. The van der Waals surface area contributed by atoms with Gasteiger partial charge in [0.2, 0.25) is 5.91 Å². The van der Waals surface area contributed by atoms with Crippen molar-refractivity contribution in [1.29, 1.82) is 0 Å². The van der Waals surface area contributed by atoms with E-state index in [2.05, 4.69) is 5.32 Å². The number of likely N-dealkylation sites (tertiary alicyclic amines) is 1. The van der Waals surface area contributed by atoms with Gasteiger partial charge in [0.05, 0.1) is 19.1 Å².